The van der Waals surface area contributed by atoms with Gasteiger partial charge in [0.2, 0.25) is 0 Å². The lowest BCUT2D eigenvalue weighted by atomic mass is 9.84. The van der Waals surface area contributed by atoms with Crippen LogP contribution in [0.25, 0.3) is 0 Å². The second kappa shape index (κ2) is 5.43. The van der Waals surface area contributed by atoms with Crippen LogP contribution in [-0.4, -0.2) is 18.0 Å². The summed E-state index contributed by atoms with van der Waals surface area (Å²) in [6.45, 7) is 14.4. The maximum absolute atomic E-state index is 4.54. The van der Waals surface area contributed by atoms with Crippen LogP contribution in [0.2, 0.25) is 0 Å². The lowest BCUT2D eigenvalue weighted by molar-refractivity contribution is 0.481. The standard InChI is InChI=1S/C15H25NS/c1-14(2,3)11-17-10-8-13-12(7-9-16-13)15(4,5)6/h7-8,10H,9,11H2,1-6H3/b10-8-. The predicted octanol–water partition coefficient (Wildman–Crippen LogP) is 4.71. The maximum atomic E-state index is 4.54. The normalized spacial score (nSPS) is 17.5. The van der Waals surface area contributed by atoms with Crippen LogP contribution in [0.1, 0.15) is 41.5 Å². The monoisotopic (exact) mass is 251 g/mol. The van der Waals surface area contributed by atoms with Gasteiger partial charge in [0.15, 0.2) is 0 Å². The molecule has 0 saturated carbocycles. The topological polar surface area (TPSA) is 12.4 Å². The minimum atomic E-state index is 0.203. The van der Waals surface area contributed by atoms with Crippen LogP contribution in [-0.2, 0) is 0 Å². The van der Waals surface area contributed by atoms with E-state index in [0.29, 0.717) is 5.41 Å². The van der Waals surface area contributed by atoms with Gasteiger partial charge in [-0.05, 0) is 27.9 Å². The fourth-order valence-corrected chi connectivity index (χ4v) is 2.49. The summed E-state index contributed by atoms with van der Waals surface area (Å²) in [6, 6.07) is 0. The Bertz CT molecular complexity index is 348. The largest absolute Gasteiger partial charge is 0.281 e. The van der Waals surface area contributed by atoms with Gasteiger partial charge in [-0.3, -0.25) is 4.99 Å². The second-order valence-corrected chi connectivity index (χ2v) is 7.66. The number of thioether (sulfide) groups is 1. The summed E-state index contributed by atoms with van der Waals surface area (Å²) in [4.78, 5) is 4.54. The summed E-state index contributed by atoms with van der Waals surface area (Å²) in [5, 5.41) is 2.19. The van der Waals surface area contributed by atoms with E-state index >= 15 is 0 Å². The highest BCUT2D eigenvalue weighted by Gasteiger charge is 2.22. The second-order valence-electron chi connectivity index (χ2n) is 6.77. The molecule has 0 aliphatic carbocycles. The van der Waals surface area contributed by atoms with Gasteiger partial charge in [-0.15, -0.1) is 11.8 Å². The quantitative estimate of drug-likeness (QED) is 0.708. The molecule has 0 aromatic carbocycles. The molecular formula is C15H25NS. The Morgan fingerprint density at radius 2 is 1.88 bits per heavy atom. The molecule has 0 spiro atoms. The maximum Gasteiger partial charge on any atom is 0.0618 e. The van der Waals surface area contributed by atoms with E-state index in [0.717, 1.165) is 12.3 Å². The van der Waals surface area contributed by atoms with E-state index in [1.54, 1.807) is 0 Å². The minimum absolute atomic E-state index is 0.203. The average molecular weight is 251 g/mol. The fourth-order valence-electron chi connectivity index (χ4n) is 1.67. The lowest BCUT2D eigenvalue weighted by Gasteiger charge is -2.20. The van der Waals surface area contributed by atoms with Crippen molar-refractivity contribution < 1.29 is 0 Å². The molecule has 1 aliphatic rings. The molecule has 0 bridgehead atoms. The molecule has 0 fully saturated rings. The molecule has 0 atom stereocenters. The van der Waals surface area contributed by atoms with Gasteiger partial charge in [0.25, 0.3) is 0 Å². The number of aliphatic imine (C=N–C) groups is 1. The molecule has 0 amide bonds. The summed E-state index contributed by atoms with van der Waals surface area (Å²) in [5.41, 5.74) is 3.13. The molecule has 96 valence electrons. The van der Waals surface area contributed by atoms with Crippen LogP contribution in [0.5, 0.6) is 0 Å². The van der Waals surface area contributed by atoms with E-state index in [1.165, 1.54) is 11.3 Å². The van der Waals surface area contributed by atoms with E-state index in [4.69, 9.17) is 0 Å². The Kier molecular flexibility index (Phi) is 4.65. The average Bonchev–Trinajstić information content (AvgIpc) is 2.58. The molecule has 0 aromatic rings. The molecule has 1 heterocycles. The molecule has 2 heteroatoms. The van der Waals surface area contributed by atoms with Gasteiger partial charge in [-0.2, -0.15) is 0 Å². The molecule has 17 heavy (non-hydrogen) atoms. The zero-order valence-electron chi connectivity index (χ0n) is 12.0. The molecule has 1 rings (SSSR count). The van der Waals surface area contributed by atoms with Gasteiger partial charge in [-0.25, -0.2) is 0 Å². The molecule has 0 saturated heterocycles. The third kappa shape index (κ3) is 5.12. The van der Waals surface area contributed by atoms with Crippen molar-refractivity contribution in [2.24, 2.45) is 15.8 Å². The Morgan fingerprint density at radius 3 is 2.41 bits per heavy atom. The van der Waals surface area contributed by atoms with Crippen molar-refractivity contribution >= 4 is 17.5 Å². The predicted molar refractivity (Wildman–Crippen MR) is 80.9 cm³/mol. The van der Waals surface area contributed by atoms with Crippen LogP contribution in [0.4, 0.5) is 0 Å². The summed E-state index contributed by atoms with van der Waals surface area (Å²) in [6.07, 6.45) is 4.41. The molecule has 0 unspecified atom stereocenters. The van der Waals surface area contributed by atoms with E-state index in [9.17, 15) is 0 Å². The van der Waals surface area contributed by atoms with Gasteiger partial charge in [-0.1, -0.05) is 47.6 Å². The highest BCUT2D eigenvalue weighted by molar-refractivity contribution is 8.02. The number of allylic oxidation sites excluding steroid dienone is 2. The first kappa shape index (κ1) is 14.6. The summed E-state index contributed by atoms with van der Waals surface area (Å²) in [7, 11) is 0. The van der Waals surface area contributed by atoms with Crippen LogP contribution in [0.15, 0.2) is 28.1 Å². The van der Waals surface area contributed by atoms with Crippen molar-refractivity contribution in [3.63, 3.8) is 0 Å². The van der Waals surface area contributed by atoms with Gasteiger partial charge < -0.3 is 0 Å². The van der Waals surface area contributed by atoms with Crippen molar-refractivity contribution in [3.05, 3.63) is 23.1 Å². The van der Waals surface area contributed by atoms with Crippen molar-refractivity contribution in [3.8, 4) is 0 Å². The van der Waals surface area contributed by atoms with Gasteiger partial charge in [0.05, 0.1) is 12.3 Å². The zero-order chi connectivity index (χ0) is 13.1. The third-order valence-corrected chi connectivity index (χ3v) is 3.84. The van der Waals surface area contributed by atoms with Crippen LogP contribution in [0.3, 0.4) is 0 Å². The number of rotatable bonds is 3. The van der Waals surface area contributed by atoms with E-state index in [-0.39, 0.29) is 5.41 Å². The first-order valence-electron chi connectivity index (χ1n) is 6.24. The van der Waals surface area contributed by atoms with Crippen LogP contribution < -0.4 is 0 Å². The SMILES string of the molecule is CC(C)(C)CS/C=C\C1=NCC=C1C(C)(C)C. The first-order valence-corrected chi connectivity index (χ1v) is 7.29. The Labute approximate surface area is 110 Å². The summed E-state index contributed by atoms with van der Waals surface area (Å²) in [5.74, 6) is 1.14. The zero-order valence-corrected chi connectivity index (χ0v) is 12.8. The van der Waals surface area contributed by atoms with Crippen molar-refractivity contribution in [1.29, 1.82) is 0 Å². The Morgan fingerprint density at radius 1 is 1.24 bits per heavy atom. The van der Waals surface area contributed by atoms with Gasteiger partial charge in [0.1, 0.15) is 0 Å². The number of hydrogen-bond acceptors (Lipinski definition) is 2. The first-order chi connectivity index (χ1) is 7.70. The van der Waals surface area contributed by atoms with Gasteiger partial charge >= 0.3 is 0 Å². The Balaban J connectivity index is 2.53. The van der Waals surface area contributed by atoms with Crippen molar-refractivity contribution in [1.82, 2.24) is 0 Å². The van der Waals surface area contributed by atoms with Crippen molar-refractivity contribution in [2.45, 2.75) is 41.5 Å². The third-order valence-electron chi connectivity index (χ3n) is 2.48. The van der Waals surface area contributed by atoms with Crippen molar-refractivity contribution in [2.75, 3.05) is 12.3 Å². The Hall–Kier alpha value is -0.500. The molecular weight excluding hydrogens is 226 g/mol. The molecule has 0 aromatic heterocycles. The van der Waals surface area contributed by atoms with E-state index in [1.807, 2.05) is 11.8 Å². The summed E-state index contributed by atoms with van der Waals surface area (Å²) < 4.78 is 0. The van der Waals surface area contributed by atoms with Crippen LogP contribution >= 0.6 is 11.8 Å². The molecule has 1 nitrogen and oxygen atoms in total. The smallest absolute Gasteiger partial charge is 0.0618 e. The minimum Gasteiger partial charge on any atom is -0.281 e. The fraction of sp³-hybridized carbons (Fsp3) is 0.667. The summed E-state index contributed by atoms with van der Waals surface area (Å²) >= 11 is 1.87. The number of nitrogens with zero attached hydrogens (tertiary/aromatic N) is 1. The highest BCUT2D eigenvalue weighted by atomic mass is 32.2. The van der Waals surface area contributed by atoms with Gasteiger partial charge in [0, 0.05) is 5.75 Å². The van der Waals surface area contributed by atoms with E-state index in [2.05, 4.69) is 64.1 Å². The van der Waals surface area contributed by atoms with E-state index < -0.39 is 0 Å². The van der Waals surface area contributed by atoms with Crippen LogP contribution in [0, 0.1) is 10.8 Å². The highest BCUT2D eigenvalue weighted by Crippen LogP contribution is 2.30. The molecule has 1 aliphatic heterocycles. The number of hydrogen-bond donors (Lipinski definition) is 0. The lowest BCUT2D eigenvalue weighted by Crippen LogP contribution is -2.14. The molecule has 0 N–H and O–H groups in total. The molecule has 0 radical (unpaired) electrons.